The fraction of sp³-hybridized carbons (Fsp3) is 0.375. The highest BCUT2D eigenvalue weighted by atomic mass is 35.5. The van der Waals surface area contributed by atoms with E-state index < -0.39 is 0 Å². The average molecular weight is 338 g/mol. The van der Waals surface area contributed by atoms with Gasteiger partial charge in [0.15, 0.2) is 0 Å². The van der Waals surface area contributed by atoms with Gasteiger partial charge in [-0.25, -0.2) is 0 Å². The number of aromatic nitrogens is 1. The maximum Gasteiger partial charge on any atom is 0.261 e. The second kappa shape index (κ2) is 7.48. The minimum atomic E-state index is -0.384. The molecule has 1 amide bonds. The highest BCUT2D eigenvalue weighted by Crippen LogP contribution is 2.17. The van der Waals surface area contributed by atoms with Crippen molar-refractivity contribution in [3.63, 3.8) is 0 Å². The average Bonchev–Trinajstić information content (AvgIpc) is 3.08. The van der Waals surface area contributed by atoms with E-state index in [1.807, 2.05) is 7.05 Å². The van der Waals surface area contributed by atoms with Gasteiger partial charge in [-0.1, -0.05) is 0 Å². The third-order valence-corrected chi connectivity index (χ3v) is 4.04. The lowest BCUT2D eigenvalue weighted by Gasteiger charge is -2.32. The SMILES string of the molecule is CNC1CCCN(C(=O)c2ccc(-c3ccco3)[nH]c2=O)C1.Cl. The summed E-state index contributed by atoms with van der Waals surface area (Å²) in [7, 11) is 1.89. The Kier molecular flexibility index (Phi) is 5.63. The zero-order valence-electron chi connectivity index (χ0n) is 12.9. The number of hydrogen-bond donors (Lipinski definition) is 2. The Morgan fingerprint density at radius 1 is 1.39 bits per heavy atom. The minimum Gasteiger partial charge on any atom is -0.463 e. The summed E-state index contributed by atoms with van der Waals surface area (Å²) in [6, 6.07) is 7.07. The molecule has 1 aliphatic heterocycles. The van der Waals surface area contributed by atoms with Crippen molar-refractivity contribution >= 4 is 18.3 Å². The van der Waals surface area contributed by atoms with Crippen LogP contribution in [0.2, 0.25) is 0 Å². The summed E-state index contributed by atoms with van der Waals surface area (Å²) in [6.45, 7) is 1.32. The molecule has 1 atom stereocenters. The van der Waals surface area contributed by atoms with Crippen LogP contribution in [0, 0.1) is 0 Å². The summed E-state index contributed by atoms with van der Waals surface area (Å²) in [5.74, 6) is 0.358. The van der Waals surface area contributed by atoms with Crippen LogP contribution in [0.4, 0.5) is 0 Å². The Morgan fingerprint density at radius 3 is 2.87 bits per heavy atom. The van der Waals surface area contributed by atoms with Gasteiger partial charge in [0.05, 0.1) is 12.0 Å². The summed E-state index contributed by atoms with van der Waals surface area (Å²) in [5.41, 5.74) is 0.357. The number of piperidine rings is 1. The largest absolute Gasteiger partial charge is 0.463 e. The molecule has 0 bridgehead atoms. The van der Waals surface area contributed by atoms with Crippen LogP contribution in [0.1, 0.15) is 23.2 Å². The van der Waals surface area contributed by atoms with Crippen LogP contribution in [-0.4, -0.2) is 42.0 Å². The molecule has 0 radical (unpaired) electrons. The van der Waals surface area contributed by atoms with E-state index in [2.05, 4.69) is 10.3 Å². The molecule has 7 heteroatoms. The minimum absolute atomic E-state index is 0. The lowest BCUT2D eigenvalue weighted by molar-refractivity contribution is 0.0696. The predicted octanol–water partition coefficient (Wildman–Crippen LogP) is 1.88. The highest BCUT2D eigenvalue weighted by molar-refractivity contribution is 5.94. The Balaban J connectivity index is 0.00000192. The number of pyridine rings is 1. The molecule has 0 aromatic carbocycles. The zero-order chi connectivity index (χ0) is 15.5. The van der Waals surface area contributed by atoms with E-state index in [9.17, 15) is 9.59 Å². The standard InChI is InChI=1S/C16H19N3O3.ClH/c1-17-11-4-2-8-19(10-11)16(21)12-6-7-13(18-15(12)20)14-5-3-9-22-14;/h3,5-7,9,11,17H,2,4,8,10H2,1H3,(H,18,20);1H. The van der Waals surface area contributed by atoms with E-state index in [1.54, 1.807) is 35.4 Å². The molecule has 0 spiro atoms. The number of carbonyl (C=O) groups is 1. The van der Waals surface area contributed by atoms with Crippen LogP contribution in [0.3, 0.4) is 0 Å². The van der Waals surface area contributed by atoms with Crippen molar-refractivity contribution in [1.82, 2.24) is 15.2 Å². The first-order chi connectivity index (χ1) is 10.7. The summed E-state index contributed by atoms with van der Waals surface area (Å²) in [4.78, 5) is 29.2. The smallest absolute Gasteiger partial charge is 0.261 e. The molecule has 3 rings (SSSR count). The summed E-state index contributed by atoms with van der Waals surface area (Å²) >= 11 is 0. The number of amides is 1. The second-order valence-corrected chi connectivity index (χ2v) is 5.47. The molecule has 6 nitrogen and oxygen atoms in total. The number of furan rings is 1. The van der Waals surface area contributed by atoms with Gasteiger partial charge < -0.3 is 19.6 Å². The van der Waals surface area contributed by atoms with Crippen molar-refractivity contribution < 1.29 is 9.21 Å². The Morgan fingerprint density at radius 2 is 2.22 bits per heavy atom. The van der Waals surface area contributed by atoms with Crippen molar-refractivity contribution in [3.05, 3.63) is 46.4 Å². The normalized spacial score (nSPS) is 17.6. The number of nitrogens with zero attached hydrogens (tertiary/aromatic N) is 1. The predicted molar refractivity (Wildman–Crippen MR) is 90.0 cm³/mol. The Labute approximate surface area is 140 Å². The van der Waals surface area contributed by atoms with Gasteiger partial charge in [-0.3, -0.25) is 9.59 Å². The first kappa shape index (κ1) is 17.3. The van der Waals surface area contributed by atoms with Gasteiger partial charge in [0.25, 0.3) is 11.5 Å². The van der Waals surface area contributed by atoms with Gasteiger partial charge in [0.2, 0.25) is 0 Å². The van der Waals surface area contributed by atoms with Crippen molar-refractivity contribution in [2.75, 3.05) is 20.1 Å². The van der Waals surface area contributed by atoms with E-state index in [0.717, 1.165) is 12.8 Å². The number of likely N-dealkylation sites (N-methyl/N-ethyl adjacent to an activating group) is 1. The second-order valence-electron chi connectivity index (χ2n) is 5.47. The van der Waals surface area contributed by atoms with Gasteiger partial charge in [-0.05, 0) is 44.2 Å². The molecular weight excluding hydrogens is 318 g/mol. The molecule has 0 aliphatic carbocycles. The molecule has 2 aromatic rings. The quantitative estimate of drug-likeness (QED) is 0.896. The fourth-order valence-corrected chi connectivity index (χ4v) is 2.79. The molecule has 1 fully saturated rings. The van der Waals surface area contributed by atoms with Crippen LogP contribution in [0.15, 0.2) is 39.7 Å². The third kappa shape index (κ3) is 3.65. The maximum absolute atomic E-state index is 12.5. The van der Waals surface area contributed by atoms with Crippen molar-refractivity contribution in [3.8, 4) is 11.5 Å². The van der Waals surface area contributed by atoms with Gasteiger partial charge in [-0.2, -0.15) is 0 Å². The topological polar surface area (TPSA) is 78.3 Å². The molecule has 1 saturated heterocycles. The molecule has 23 heavy (non-hydrogen) atoms. The van der Waals surface area contributed by atoms with E-state index in [-0.39, 0.29) is 29.4 Å². The van der Waals surface area contributed by atoms with Crippen LogP contribution >= 0.6 is 12.4 Å². The third-order valence-electron chi connectivity index (χ3n) is 4.04. The van der Waals surface area contributed by atoms with Crippen molar-refractivity contribution in [2.45, 2.75) is 18.9 Å². The molecule has 3 heterocycles. The summed E-state index contributed by atoms with van der Waals surface area (Å²) in [6.07, 6.45) is 3.53. The first-order valence-electron chi connectivity index (χ1n) is 7.43. The van der Waals surface area contributed by atoms with Crippen LogP contribution in [-0.2, 0) is 0 Å². The van der Waals surface area contributed by atoms with Crippen molar-refractivity contribution in [1.29, 1.82) is 0 Å². The zero-order valence-corrected chi connectivity index (χ0v) is 13.7. The highest BCUT2D eigenvalue weighted by Gasteiger charge is 2.25. The van der Waals surface area contributed by atoms with E-state index >= 15 is 0 Å². The molecule has 1 unspecified atom stereocenters. The molecule has 2 aromatic heterocycles. The molecule has 1 aliphatic rings. The fourth-order valence-electron chi connectivity index (χ4n) is 2.79. The van der Waals surface area contributed by atoms with Gasteiger partial charge in [-0.15, -0.1) is 12.4 Å². The molecular formula is C16H20ClN3O3. The van der Waals surface area contributed by atoms with Gasteiger partial charge in [0.1, 0.15) is 11.3 Å². The lowest BCUT2D eigenvalue weighted by atomic mass is 10.0. The van der Waals surface area contributed by atoms with Crippen LogP contribution < -0.4 is 10.9 Å². The van der Waals surface area contributed by atoms with Crippen molar-refractivity contribution in [2.24, 2.45) is 0 Å². The van der Waals surface area contributed by atoms with Crippen LogP contribution in [0.25, 0.3) is 11.5 Å². The first-order valence-corrected chi connectivity index (χ1v) is 7.43. The van der Waals surface area contributed by atoms with E-state index in [4.69, 9.17) is 4.42 Å². The number of aromatic amines is 1. The van der Waals surface area contributed by atoms with E-state index in [1.165, 1.54) is 0 Å². The number of nitrogens with one attached hydrogen (secondary N) is 2. The Hall–Kier alpha value is -2.05. The van der Waals surface area contributed by atoms with Crippen LogP contribution in [0.5, 0.6) is 0 Å². The summed E-state index contributed by atoms with van der Waals surface area (Å²) in [5, 5.41) is 3.19. The Bertz CT molecular complexity index is 712. The number of H-pyrrole nitrogens is 1. The number of rotatable bonds is 3. The van der Waals surface area contributed by atoms with Gasteiger partial charge >= 0.3 is 0 Å². The monoisotopic (exact) mass is 337 g/mol. The molecule has 124 valence electrons. The van der Waals surface area contributed by atoms with E-state index in [0.29, 0.717) is 30.6 Å². The number of halogens is 1. The van der Waals surface area contributed by atoms with Gasteiger partial charge in [0, 0.05) is 19.1 Å². The number of carbonyl (C=O) groups excluding carboxylic acids is 1. The number of hydrogen-bond acceptors (Lipinski definition) is 4. The maximum atomic E-state index is 12.5. The lowest BCUT2D eigenvalue weighted by Crippen LogP contribution is -2.47. The molecule has 0 saturated carbocycles. The number of likely N-dealkylation sites (tertiary alicyclic amines) is 1. The molecule has 2 N–H and O–H groups in total. The summed E-state index contributed by atoms with van der Waals surface area (Å²) < 4.78 is 5.25.